The number of amides is 1. The van der Waals surface area contributed by atoms with Gasteiger partial charge in [-0.05, 0) is 29.8 Å². The van der Waals surface area contributed by atoms with Gasteiger partial charge in [-0.2, -0.15) is 0 Å². The van der Waals surface area contributed by atoms with E-state index in [0.717, 1.165) is 21.0 Å². The van der Waals surface area contributed by atoms with Gasteiger partial charge in [0.1, 0.15) is 11.9 Å². The first-order valence-corrected chi connectivity index (χ1v) is 10.7. The molecule has 1 amide bonds. The Morgan fingerprint density at radius 1 is 1.29 bits per heavy atom. The molecule has 1 aromatic carbocycles. The van der Waals surface area contributed by atoms with Crippen molar-refractivity contribution in [3.63, 3.8) is 0 Å². The SMILES string of the molecule is Cn1ccnc1SCc1ccc(C(=O)N2CCOC(c3ccc(Br)cc3)C2)o1. The summed E-state index contributed by atoms with van der Waals surface area (Å²) < 4.78 is 14.6. The Kier molecular flexibility index (Phi) is 5.89. The smallest absolute Gasteiger partial charge is 0.289 e. The average molecular weight is 462 g/mol. The molecule has 0 bridgehead atoms. The molecule has 28 heavy (non-hydrogen) atoms. The number of rotatable bonds is 5. The maximum atomic E-state index is 12.9. The second-order valence-corrected chi connectivity index (χ2v) is 8.40. The number of carbonyl (C=O) groups excluding carboxylic acids is 1. The number of carbonyl (C=O) groups is 1. The number of nitrogens with zero attached hydrogens (tertiary/aromatic N) is 3. The molecule has 1 unspecified atom stereocenters. The molecule has 1 aliphatic heterocycles. The van der Waals surface area contributed by atoms with Gasteiger partial charge in [0.2, 0.25) is 0 Å². The minimum absolute atomic E-state index is 0.0985. The van der Waals surface area contributed by atoms with E-state index < -0.39 is 0 Å². The molecule has 3 heterocycles. The summed E-state index contributed by atoms with van der Waals surface area (Å²) in [6, 6.07) is 11.6. The van der Waals surface area contributed by atoms with E-state index in [1.807, 2.05) is 48.1 Å². The van der Waals surface area contributed by atoms with Gasteiger partial charge in [-0.3, -0.25) is 4.79 Å². The summed E-state index contributed by atoms with van der Waals surface area (Å²) in [6.45, 7) is 1.58. The van der Waals surface area contributed by atoms with E-state index in [1.54, 1.807) is 28.9 Å². The van der Waals surface area contributed by atoms with E-state index >= 15 is 0 Å². The second kappa shape index (κ2) is 8.55. The molecular formula is C20H20BrN3O3S. The van der Waals surface area contributed by atoms with Crippen LogP contribution in [0, 0.1) is 0 Å². The molecule has 3 aromatic rings. The number of imidazole rings is 1. The lowest BCUT2D eigenvalue weighted by Crippen LogP contribution is -2.42. The number of aryl methyl sites for hydroxylation is 1. The molecule has 1 atom stereocenters. The number of morpholine rings is 1. The van der Waals surface area contributed by atoms with Crippen LogP contribution in [-0.4, -0.2) is 40.1 Å². The largest absolute Gasteiger partial charge is 0.455 e. The lowest BCUT2D eigenvalue weighted by atomic mass is 10.1. The summed E-state index contributed by atoms with van der Waals surface area (Å²) in [5.74, 6) is 1.66. The normalized spacial score (nSPS) is 17.1. The molecule has 4 rings (SSSR count). The van der Waals surface area contributed by atoms with Crippen molar-refractivity contribution in [1.82, 2.24) is 14.5 Å². The predicted octanol–water partition coefficient (Wildman–Crippen LogP) is 4.28. The van der Waals surface area contributed by atoms with Gasteiger partial charge < -0.3 is 18.6 Å². The molecule has 2 aromatic heterocycles. The van der Waals surface area contributed by atoms with Gasteiger partial charge in [-0.1, -0.05) is 39.8 Å². The van der Waals surface area contributed by atoms with Crippen LogP contribution in [0.4, 0.5) is 0 Å². The molecule has 146 valence electrons. The Hall–Kier alpha value is -2.03. The van der Waals surface area contributed by atoms with E-state index in [-0.39, 0.29) is 12.0 Å². The Morgan fingerprint density at radius 2 is 2.11 bits per heavy atom. The molecule has 0 saturated carbocycles. The molecule has 0 N–H and O–H groups in total. The van der Waals surface area contributed by atoms with Crippen LogP contribution in [0.15, 0.2) is 62.8 Å². The second-order valence-electron chi connectivity index (χ2n) is 6.54. The van der Waals surface area contributed by atoms with Crippen LogP contribution in [0.3, 0.4) is 0 Å². The highest BCUT2D eigenvalue weighted by molar-refractivity contribution is 9.10. The van der Waals surface area contributed by atoms with E-state index in [2.05, 4.69) is 20.9 Å². The summed E-state index contributed by atoms with van der Waals surface area (Å²) in [4.78, 5) is 19.0. The topological polar surface area (TPSA) is 60.5 Å². The lowest BCUT2D eigenvalue weighted by Gasteiger charge is -2.32. The molecule has 0 radical (unpaired) electrons. The highest BCUT2D eigenvalue weighted by atomic mass is 79.9. The molecule has 1 aliphatic rings. The highest BCUT2D eigenvalue weighted by Crippen LogP contribution is 2.26. The minimum atomic E-state index is -0.126. The molecule has 0 spiro atoms. The van der Waals surface area contributed by atoms with Crippen molar-refractivity contribution in [3.05, 3.63) is 70.3 Å². The van der Waals surface area contributed by atoms with Gasteiger partial charge in [0.15, 0.2) is 10.9 Å². The fourth-order valence-electron chi connectivity index (χ4n) is 3.07. The molecule has 1 saturated heterocycles. The number of ether oxygens (including phenoxy) is 1. The number of furan rings is 1. The Labute approximate surface area is 176 Å². The number of thioether (sulfide) groups is 1. The highest BCUT2D eigenvalue weighted by Gasteiger charge is 2.27. The monoisotopic (exact) mass is 461 g/mol. The van der Waals surface area contributed by atoms with E-state index in [4.69, 9.17) is 9.15 Å². The van der Waals surface area contributed by atoms with Crippen LogP contribution in [0.25, 0.3) is 0 Å². The number of hydrogen-bond acceptors (Lipinski definition) is 5. The summed E-state index contributed by atoms with van der Waals surface area (Å²) in [6.07, 6.45) is 3.54. The van der Waals surface area contributed by atoms with Crippen LogP contribution < -0.4 is 0 Å². The molecular weight excluding hydrogens is 442 g/mol. The fourth-order valence-corrected chi connectivity index (χ4v) is 4.16. The zero-order chi connectivity index (χ0) is 19.5. The summed E-state index contributed by atoms with van der Waals surface area (Å²) in [5, 5.41) is 0.912. The van der Waals surface area contributed by atoms with E-state index in [1.165, 1.54) is 0 Å². The molecule has 1 fully saturated rings. The summed E-state index contributed by atoms with van der Waals surface area (Å²) in [5.41, 5.74) is 1.06. The first-order chi connectivity index (χ1) is 13.6. The molecule has 8 heteroatoms. The molecule has 6 nitrogen and oxygen atoms in total. The quantitative estimate of drug-likeness (QED) is 0.530. The minimum Gasteiger partial charge on any atom is -0.455 e. The number of aromatic nitrogens is 2. The first kappa shape index (κ1) is 19.3. The summed E-state index contributed by atoms with van der Waals surface area (Å²) >= 11 is 5.02. The van der Waals surface area contributed by atoms with Gasteiger partial charge in [-0.25, -0.2) is 4.98 Å². The van der Waals surface area contributed by atoms with Crippen LogP contribution >= 0.6 is 27.7 Å². The zero-order valence-corrected chi connectivity index (χ0v) is 17.8. The van der Waals surface area contributed by atoms with Crippen molar-refractivity contribution in [3.8, 4) is 0 Å². The van der Waals surface area contributed by atoms with Gasteiger partial charge in [0.25, 0.3) is 5.91 Å². The standard InChI is InChI=1S/C20H20BrN3O3S/c1-23-9-8-22-20(23)28-13-16-6-7-17(27-16)19(25)24-10-11-26-18(12-24)14-2-4-15(21)5-3-14/h2-9,18H,10-13H2,1H3. The van der Waals surface area contributed by atoms with Crippen molar-refractivity contribution < 1.29 is 13.9 Å². The Bertz CT molecular complexity index is 954. The zero-order valence-electron chi connectivity index (χ0n) is 15.4. The number of halogens is 1. The fraction of sp³-hybridized carbons (Fsp3) is 0.300. The lowest BCUT2D eigenvalue weighted by molar-refractivity contribution is -0.0238. The third-order valence-electron chi connectivity index (χ3n) is 4.59. The van der Waals surface area contributed by atoms with Gasteiger partial charge in [0.05, 0.1) is 18.9 Å². The van der Waals surface area contributed by atoms with Crippen LogP contribution in [0.5, 0.6) is 0 Å². The first-order valence-electron chi connectivity index (χ1n) is 8.95. The maximum absolute atomic E-state index is 12.9. The number of hydrogen-bond donors (Lipinski definition) is 0. The van der Waals surface area contributed by atoms with Crippen molar-refractivity contribution in [2.24, 2.45) is 7.05 Å². The van der Waals surface area contributed by atoms with E-state index in [9.17, 15) is 4.79 Å². The van der Waals surface area contributed by atoms with Crippen molar-refractivity contribution in [2.45, 2.75) is 17.0 Å². The van der Waals surface area contributed by atoms with Crippen LogP contribution in [0.1, 0.15) is 28.0 Å². The third kappa shape index (κ3) is 4.34. The maximum Gasteiger partial charge on any atom is 0.289 e. The van der Waals surface area contributed by atoms with Gasteiger partial charge in [0, 0.05) is 30.5 Å². The van der Waals surface area contributed by atoms with Crippen molar-refractivity contribution in [2.75, 3.05) is 19.7 Å². The Morgan fingerprint density at radius 3 is 2.86 bits per heavy atom. The molecule has 0 aliphatic carbocycles. The predicted molar refractivity (Wildman–Crippen MR) is 110 cm³/mol. The average Bonchev–Trinajstić information content (AvgIpc) is 3.35. The van der Waals surface area contributed by atoms with Gasteiger partial charge in [-0.15, -0.1) is 0 Å². The van der Waals surface area contributed by atoms with Crippen LogP contribution in [0.2, 0.25) is 0 Å². The summed E-state index contributed by atoms with van der Waals surface area (Å²) in [7, 11) is 1.95. The van der Waals surface area contributed by atoms with Crippen LogP contribution in [-0.2, 0) is 17.5 Å². The Balaban J connectivity index is 1.39. The van der Waals surface area contributed by atoms with Gasteiger partial charge >= 0.3 is 0 Å². The number of benzene rings is 1. The van der Waals surface area contributed by atoms with Crippen molar-refractivity contribution >= 4 is 33.6 Å². The van der Waals surface area contributed by atoms with Crippen molar-refractivity contribution in [1.29, 1.82) is 0 Å². The third-order valence-corrected chi connectivity index (χ3v) is 6.20. The van der Waals surface area contributed by atoms with E-state index in [0.29, 0.717) is 31.2 Å².